The van der Waals surface area contributed by atoms with Crippen molar-refractivity contribution in [2.45, 2.75) is 6.17 Å². The standard InChI is InChI=1S/C10H11N3OS/c1-13(10(11)15)9-8(14)6-4-2-3-5-7(6)12-9/h2-5,9,12H,1H3,(H2,11,15). The lowest BCUT2D eigenvalue weighted by Gasteiger charge is -2.23. The van der Waals surface area contributed by atoms with Crippen LogP contribution in [0.4, 0.5) is 5.69 Å². The molecule has 1 aromatic rings. The summed E-state index contributed by atoms with van der Waals surface area (Å²) in [6.45, 7) is 0. The van der Waals surface area contributed by atoms with Gasteiger partial charge in [-0.1, -0.05) is 12.1 Å². The second kappa shape index (κ2) is 3.51. The summed E-state index contributed by atoms with van der Waals surface area (Å²) in [4.78, 5) is 13.5. The van der Waals surface area contributed by atoms with E-state index in [4.69, 9.17) is 18.0 Å². The zero-order chi connectivity index (χ0) is 11.0. The van der Waals surface area contributed by atoms with Crippen molar-refractivity contribution in [1.29, 1.82) is 0 Å². The molecule has 1 atom stereocenters. The Hall–Kier alpha value is -1.62. The van der Waals surface area contributed by atoms with Crippen molar-refractivity contribution in [3.05, 3.63) is 29.8 Å². The van der Waals surface area contributed by atoms with Crippen molar-refractivity contribution in [3.63, 3.8) is 0 Å². The molecule has 1 unspecified atom stereocenters. The number of hydrogen-bond donors (Lipinski definition) is 2. The number of hydrogen-bond acceptors (Lipinski definition) is 3. The number of nitrogens with one attached hydrogen (secondary N) is 1. The molecule has 1 aliphatic rings. The Morgan fingerprint density at radius 1 is 1.53 bits per heavy atom. The predicted octanol–water partition coefficient (Wildman–Crippen LogP) is 0.796. The number of Topliss-reactive ketones (excluding diaryl/α,β-unsaturated/α-hetero) is 1. The van der Waals surface area contributed by atoms with E-state index >= 15 is 0 Å². The van der Waals surface area contributed by atoms with Crippen LogP contribution in [0.25, 0.3) is 0 Å². The molecule has 0 saturated carbocycles. The van der Waals surface area contributed by atoms with E-state index in [1.807, 2.05) is 18.2 Å². The van der Waals surface area contributed by atoms with Gasteiger partial charge in [0.25, 0.3) is 0 Å². The third-order valence-corrected chi connectivity index (χ3v) is 2.76. The van der Waals surface area contributed by atoms with Crippen molar-refractivity contribution < 1.29 is 4.79 Å². The van der Waals surface area contributed by atoms with Crippen LogP contribution in [0, 0.1) is 0 Å². The first kappa shape index (κ1) is 9.92. The second-order valence-corrected chi connectivity index (χ2v) is 3.82. The van der Waals surface area contributed by atoms with Gasteiger partial charge >= 0.3 is 0 Å². The van der Waals surface area contributed by atoms with Crippen molar-refractivity contribution in [2.75, 3.05) is 12.4 Å². The van der Waals surface area contributed by atoms with E-state index in [9.17, 15) is 4.79 Å². The molecule has 0 aromatic heterocycles. The highest BCUT2D eigenvalue weighted by Crippen LogP contribution is 2.26. The van der Waals surface area contributed by atoms with Gasteiger partial charge in [-0.05, 0) is 24.4 Å². The maximum Gasteiger partial charge on any atom is 0.207 e. The number of anilines is 1. The molecule has 0 radical (unpaired) electrons. The van der Waals surface area contributed by atoms with Gasteiger partial charge in [0.1, 0.15) is 0 Å². The van der Waals surface area contributed by atoms with Crippen LogP contribution in [0.2, 0.25) is 0 Å². The molecule has 5 heteroatoms. The third-order valence-electron chi connectivity index (χ3n) is 2.47. The molecule has 3 N–H and O–H groups in total. The lowest BCUT2D eigenvalue weighted by Crippen LogP contribution is -2.46. The fourth-order valence-corrected chi connectivity index (χ4v) is 1.69. The van der Waals surface area contributed by atoms with Gasteiger partial charge in [0.05, 0.1) is 0 Å². The molecular formula is C10H11N3OS. The largest absolute Gasteiger partial charge is 0.376 e. The van der Waals surface area contributed by atoms with E-state index in [-0.39, 0.29) is 10.9 Å². The van der Waals surface area contributed by atoms with E-state index < -0.39 is 6.17 Å². The smallest absolute Gasteiger partial charge is 0.207 e. The zero-order valence-electron chi connectivity index (χ0n) is 8.23. The fourth-order valence-electron chi connectivity index (χ4n) is 1.58. The molecule has 15 heavy (non-hydrogen) atoms. The topological polar surface area (TPSA) is 58.4 Å². The maximum absolute atomic E-state index is 11.9. The number of nitrogens with zero attached hydrogens (tertiary/aromatic N) is 1. The van der Waals surface area contributed by atoms with Gasteiger partial charge in [0.2, 0.25) is 5.78 Å². The van der Waals surface area contributed by atoms with Crippen molar-refractivity contribution in [2.24, 2.45) is 5.73 Å². The SMILES string of the molecule is CN(C(N)=S)C1Nc2ccccc2C1=O. The van der Waals surface area contributed by atoms with Crippen LogP contribution < -0.4 is 11.1 Å². The van der Waals surface area contributed by atoms with Crippen LogP contribution in [-0.2, 0) is 0 Å². The summed E-state index contributed by atoms with van der Waals surface area (Å²) >= 11 is 4.83. The molecule has 78 valence electrons. The summed E-state index contributed by atoms with van der Waals surface area (Å²) in [7, 11) is 1.70. The molecule has 0 saturated heterocycles. The number of rotatable bonds is 1. The molecule has 4 nitrogen and oxygen atoms in total. The van der Waals surface area contributed by atoms with E-state index in [1.54, 1.807) is 18.0 Å². The van der Waals surface area contributed by atoms with Crippen molar-refractivity contribution in [3.8, 4) is 0 Å². The summed E-state index contributed by atoms with van der Waals surface area (Å²) in [6.07, 6.45) is -0.472. The highest BCUT2D eigenvalue weighted by Gasteiger charge is 2.32. The summed E-state index contributed by atoms with van der Waals surface area (Å²) in [6, 6.07) is 7.36. The van der Waals surface area contributed by atoms with Crippen molar-refractivity contribution >= 4 is 28.8 Å². The molecule has 2 rings (SSSR count). The minimum Gasteiger partial charge on any atom is -0.376 e. The minimum absolute atomic E-state index is 0.000833. The average Bonchev–Trinajstić information content (AvgIpc) is 2.56. The molecule has 0 bridgehead atoms. The van der Waals surface area contributed by atoms with E-state index in [0.29, 0.717) is 5.56 Å². The summed E-state index contributed by atoms with van der Waals surface area (Å²) in [5, 5.41) is 3.28. The number of fused-ring (bicyclic) bond motifs is 1. The van der Waals surface area contributed by atoms with Crippen LogP contribution >= 0.6 is 12.2 Å². The van der Waals surface area contributed by atoms with E-state index in [1.165, 1.54) is 0 Å². The van der Waals surface area contributed by atoms with E-state index in [0.717, 1.165) is 5.69 Å². The molecule has 0 spiro atoms. The zero-order valence-corrected chi connectivity index (χ0v) is 9.04. The minimum atomic E-state index is -0.472. The van der Waals surface area contributed by atoms with Crippen LogP contribution in [0.5, 0.6) is 0 Å². The number of carbonyl (C=O) groups is 1. The fraction of sp³-hybridized carbons (Fsp3) is 0.200. The monoisotopic (exact) mass is 221 g/mol. The lowest BCUT2D eigenvalue weighted by molar-refractivity contribution is 0.0933. The number of benzene rings is 1. The summed E-state index contributed by atoms with van der Waals surface area (Å²) in [5.41, 5.74) is 6.99. The number of likely N-dealkylation sites (N-methyl/N-ethyl adjacent to an activating group) is 1. The summed E-state index contributed by atoms with van der Waals surface area (Å²) in [5.74, 6) is 0.000833. The molecule has 0 aliphatic carbocycles. The number of carbonyl (C=O) groups excluding carboxylic acids is 1. The van der Waals surface area contributed by atoms with Crippen LogP contribution in [0.15, 0.2) is 24.3 Å². The molecule has 0 fully saturated rings. The Kier molecular flexibility index (Phi) is 2.32. The Balaban J connectivity index is 2.31. The number of para-hydroxylation sites is 1. The average molecular weight is 221 g/mol. The first-order chi connectivity index (χ1) is 7.11. The van der Waals surface area contributed by atoms with Gasteiger partial charge in [-0.25, -0.2) is 0 Å². The van der Waals surface area contributed by atoms with Gasteiger partial charge in [-0.15, -0.1) is 0 Å². The molecule has 0 amide bonds. The quantitative estimate of drug-likeness (QED) is 0.687. The van der Waals surface area contributed by atoms with Gasteiger partial charge in [0, 0.05) is 18.3 Å². The van der Waals surface area contributed by atoms with Crippen LogP contribution in [0.1, 0.15) is 10.4 Å². The number of ketones is 1. The number of nitrogens with two attached hydrogens (primary N) is 1. The first-order valence-corrected chi connectivity index (χ1v) is 4.94. The van der Waals surface area contributed by atoms with Gasteiger partial charge in [0.15, 0.2) is 11.3 Å². The maximum atomic E-state index is 11.9. The van der Waals surface area contributed by atoms with Gasteiger partial charge < -0.3 is 16.0 Å². The Morgan fingerprint density at radius 2 is 2.20 bits per heavy atom. The first-order valence-electron chi connectivity index (χ1n) is 4.53. The number of thiocarbonyl (C=S) groups is 1. The normalized spacial score (nSPS) is 18.2. The predicted molar refractivity (Wildman–Crippen MR) is 62.7 cm³/mol. The van der Waals surface area contributed by atoms with Crippen LogP contribution in [0.3, 0.4) is 0 Å². The third kappa shape index (κ3) is 1.55. The Labute approximate surface area is 93.1 Å². The van der Waals surface area contributed by atoms with Gasteiger partial charge in [-0.3, -0.25) is 4.79 Å². The lowest BCUT2D eigenvalue weighted by atomic mass is 10.1. The van der Waals surface area contributed by atoms with Crippen LogP contribution in [-0.4, -0.2) is 29.0 Å². The summed E-state index contributed by atoms with van der Waals surface area (Å²) < 4.78 is 0. The highest BCUT2D eigenvalue weighted by molar-refractivity contribution is 7.80. The molecule has 1 heterocycles. The Bertz CT molecular complexity index is 432. The molecule has 1 aromatic carbocycles. The highest BCUT2D eigenvalue weighted by atomic mass is 32.1. The van der Waals surface area contributed by atoms with Gasteiger partial charge in [-0.2, -0.15) is 0 Å². The molecular weight excluding hydrogens is 210 g/mol. The van der Waals surface area contributed by atoms with E-state index in [2.05, 4.69) is 5.32 Å². The Morgan fingerprint density at radius 3 is 2.80 bits per heavy atom. The molecule has 1 aliphatic heterocycles. The van der Waals surface area contributed by atoms with Crippen molar-refractivity contribution in [1.82, 2.24) is 4.90 Å². The second-order valence-electron chi connectivity index (χ2n) is 3.41.